The van der Waals surface area contributed by atoms with Gasteiger partial charge in [-0.1, -0.05) is 44.7 Å². The summed E-state index contributed by atoms with van der Waals surface area (Å²) in [5, 5.41) is 4.08. The summed E-state index contributed by atoms with van der Waals surface area (Å²) < 4.78 is 6.97. The Bertz CT molecular complexity index is 1390. The third-order valence-corrected chi connectivity index (χ3v) is 9.26. The van der Waals surface area contributed by atoms with Crippen molar-refractivity contribution < 1.29 is 14.3 Å². The van der Waals surface area contributed by atoms with Crippen LogP contribution in [0.2, 0.25) is 0 Å². The molecule has 0 aliphatic heterocycles. The topological polar surface area (TPSA) is 90.3 Å². The van der Waals surface area contributed by atoms with Crippen molar-refractivity contribution in [3.8, 4) is 0 Å². The molecule has 0 fully saturated rings. The Labute approximate surface area is 226 Å². The molecule has 2 heterocycles. The van der Waals surface area contributed by atoms with Gasteiger partial charge in [0.05, 0.1) is 28.3 Å². The van der Waals surface area contributed by atoms with Crippen molar-refractivity contribution in [3.63, 3.8) is 0 Å². The molecule has 1 aromatic carbocycles. The predicted molar refractivity (Wildman–Crippen MR) is 151 cm³/mol. The van der Waals surface area contributed by atoms with Gasteiger partial charge in [0.2, 0.25) is 5.91 Å². The first-order valence-electron chi connectivity index (χ1n) is 12.8. The predicted octanol–water partition coefficient (Wildman–Crippen LogP) is 5.92. The summed E-state index contributed by atoms with van der Waals surface area (Å²) in [6.45, 7) is 12.9. The lowest BCUT2D eigenvalue weighted by Gasteiger charge is -2.33. The number of thiophene rings is 1. The Morgan fingerprint density at radius 3 is 2.68 bits per heavy atom. The maximum absolute atomic E-state index is 13.3. The van der Waals surface area contributed by atoms with Gasteiger partial charge in [-0.15, -0.1) is 11.3 Å². The molecule has 37 heavy (non-hydrogen) atoms. The normalized spacial score (nSPS) is 16.3. The molecule has 3 aromatic rings. The summed E-state index contributed by atoms with van der Waals surface area (Å²) in [6, 6.07) is 7.23. The third-order valence-electron chi connectivity index (χ3n) is 7.00. The molecule has 2 atom stereocenters. The third kappa shape index (κ3) is 5.62. The number of para-hydroxylation sites is 1. The molecule has 0 saturated carbocycles. The van der Waals surface area contributed by atoms with Gasteiger partial charge in [0.15, 0.2) is 5.16 Å². The molecule has 1 N–H and O–H groups in total. The van der Waals surface area contributed by atoms with Crippen LogP contribution in [0.25, 0.3) is 10.9 Å². The monoisotopic (exact) mass is 541 g/mol. The van der Waals surface area contributed by atoms with Crippen molar-refractivity contribution in [2.45, 2.75) is 77.8 Å². The van der Waals surface area contributed by atoms with Crippen molar-refractivity contribution in [2.75, 3.05) is 11.9 Å². The van der Waals surface area contributed by atoms with Gasteiger partial charge in [0.25, 0.3) is 5.56 Å². The quantitative estimate of drug-likeness (QED) is 0.227. The van der Waals surface area contributed by atoms with Crippen LogP contribution in [0, 0.1) is 11.3 Å². The fourth-order valence-corrected chi connectivity index (χ4v) is 7.06. The van der Waals surface area contributed by atoms with Crippen LogP contribution in [0.1, 0.15) is 68.8 Å². The van der Waals surface area contributed by atoms with Gasteiger partial charge in [0, 0.05) is 11.4 Å². The molecule has 1 aliphatic carbocycles. The van der Waals surface area contributed by atoms with Gasteiger partial charge in [-0.05, 0) is 69.1 Å². The number of carbonyl (C=O) groups is 2. The van der Waals surface area contributed by atoms with Crippen LogP contribution in [0.5, 0.6) is 0 Å². The largest absolute Gasteiger partial charge is 0.462 e. The fraction of sp³-hybridized carbons (Fsp3) is 0.500. The minimum Gasteiger partial charge on any atom is -0.462 e. The van der Waals surface area contributed by atoms with Crippen molar-refractivity contribution in [1.82, 2.24) is 9.55 Å². The van der Waals surface area contributed by atoms with E-state index in [4.69, 9.17) is 4.74 Å². The van der Waals surface area contributed by atoms with Crippen molar-refractivity contribution in [3.05, 3.63) is 50.6 Å². The minimum atomic E-state index is -0.539. The first kappa shape index (κ1) is 27.4. The Hall–Kier alpha value is -2.65. The van der Waals surface area contributed by atoms with E-state index >= 15 is 0 Å². The van der Waals surface area contributed by atoms with Crippen LogP contribution in [-0.2, 0) is 28.9 Å². The van der Waals surface area contributed by atoms with Crippen molar-refractivity contribution in [1.29, 1.82) is 0 Å². The molecular formula is C28H35N3O4S2. The number of hydrogen-bond donors (Lipinski definition) is 1. The van der Waals surface area contributed by atoms with Crippen LogP contribution in [0.4, 0.5) is 5.00 Å². The number of benzene rings is 1. The number of ether oxygens (including phenoxy) is 1. The molecule has 0 bridgehead atoms. The standard InChI is InChI=1S/C28H35N3O4S2/c1-7-31-25(33)18-11-9-10-12-20(18)29-27(31)36-16(3)23(32)30-24-22(26(34)35-8-2)19-14-13-17(28(4,5)6)15-21(19)37-24/h9-12,16-17H,7-8,13-15H2,1-6H3,(H,30,32). The smallest absolute Gasteiger partial charge is 0.341 e. The zero-order valence-electron chi connectivity index (χ0n) is 22.3. The molecule has 2 aromatic heterocycles. The molecule has 0 spiro atoms. The lowest BCUT2D eigenvalue weighted by molar-refractivity contribution is -0.115. The Kier molecular flexibility index (Phi) is 8.14. The number of carbonyl (C=O) groups excluding carboxylic acids is 2. The van der Waals surface area contributed by atoms with Gasteiger partial charge < -0.3 is 10.1 Å². The average molecular weight is 542 g/mol. The molecule has 0 radical (unpaired) electrons. The number of fused-ring (bicyclic) bond motifs is 2. The minimum absolute atomic E-state index is 0.118. The number of thioether (sulfide) groups is 1. The van der Waals surface area contributed by atoms with Crippen LogP contribution in [-0.4, -0.2) is 33.3 Å². The summed E-state index contributed by atoms with van der Waals surface area (Å²) in [5.41, 5.74) is 2.16. The molecule has 4 rings (SSSR count). The first-order valence-corrected chi connectivity index (χ1v) is 14.5. The van der Waals surface area contributed by atoms with Crippen molar-refractivity contribution in [2.24, 2.45) is 11.3 Å². The zero-order chi connectivity index (χ0) is 26.9. The molecule has 9 heteroatoms. The van der Waals surface area contributed by atoms with E-state index in [1.54, 1.807) is 30.5 Å². The molecule has 1 aliphatic rings. The van der Waals surface area contributed by atoms with E-state index < -0.39 is 5.25 Å². The summed E-state index contributed by atoms with van der Waals surface area (Å²) in [6.07, 6.45) is 2.69. The number of aromatic nitrogens is 2. The maximum Gasteiger partial charge on any atom is 0.341 e. The van der Waals surface area contributed by atoms with Gasteiger partial charge in [-0.25, -0.2) is 9.78 Å². The number of nitrogens with zero attached hydrogens (tertiary/aromatic N) is 2. The van der Waals surface area contributed by atoms with Gasteiger partial charge >= 0.3 is 5.97 Å². The van der Waals surface area contributed by atoms with E-state index in [-0.39, 0.29) is 29.5 Å². The summed E-state index contributed by atoms with van der Waals surface area (Å²) in [5.74, 6) is -0.121. The summed E-state index contributed by atoms with van der Waals surface area (Å²) in [4.78, 5) is 45.1. The first-order chi connectivity index (χ1) is 17.5. The summed E-state index contributed by atoms with van der Waals surface area (Å²) in [7, 11) is 0. The van der Waals surface area contributed by atoms with E-state index in [9.17, 15) is 14.4 Å². The fourth-order valence-electron chi connectivity index (χ4n) is 4.77. The van der Waals surface area contributed by atoms with E-state index in [1.807, 2.05) is 19.1 Å². The Morgan fingerprint density at radius 2 is 2.00 bits per heavy atom. The number of anilines is 1. The number of esters is 1. The number of nitrogens with one attached hydrogen (secondary N) is 1. The second-order valence-corrected chi connectivity index (χ2v) is 12.9. The van der Waals surface area contributed by atoms with Gasteiger partial charge in [-0.2, -0.15) is 0 Å². The lowest BCUT2D eigenvalue weighted by atomic mass is 9.72. The molecular weight excluding hydrogens is 506 g/mol. The summed E-state index contributed by atoms with van der Waals surface area (Å²) >= 11 is 2.73. The molecule has 2 unspecified atom stereocenters. The SMILES string of the molecule is CCOC(=O)c1c(NC(=O)C(C)Sc2nc3ccccc3c(=O)n2CC)sc2c1CCC(C(C)(C)C)C2. The molecule has 7 nitrogen and oxygen atoms in total. The van der Waals surface area contributed by atoms with E-state index in [0.717, 1.165) is 29.7 Å². The highest BCUT2D eigenvalue weighted by Crippen LogP contribution is 2.44. The zero-order valence-corrected chi connectivity index (χ0v) is 24.0. The highest BCUT2D eigenvalue weighted by molar-refractivity contribution is 8.00. The van der Waals surface area contributed by atoms with Crippen LogP contribution in [0.15, 0.2) is 34.2 Å². The van der Waals surface area contributed by atoms with Gasteiger partial charge in [0.1, 0.15) is 5.00 Å². The van der Waals surface area contributed by atoms with Crippen LogP contribution in [0.3, 0.4) is 0 Å². The number of amides is 1. The number of hydrogen-bond acceptors (Lipinski definition) is 7. The molecule has 198 valence electrons. The van der Waals surface area contributed by atoms with Crippen LogP contribution >= 0.6 is 23.1 Å². The average Bonchev–Trinajstić information content (AvgIpc) is 3.21. The van der Waals surface area contributed by atoms with E-state index in [0.29, 0.717) is 39.1 Å². The van der Waals surface area contributed by atoms with Crippen LogP contribution < -0.4 is 10.9 Å². The highest BCUT2D eigenvalue weighted by Gasteiger charge is 2.35. The lowest BCUT2D eigenvalue weighted by Crippen LogP contribution is -2.27. The second-order valence-electron chi connectivity index (χ2n) is 10.4. The second kappa shape index (κ2) is 11.0. The van der Waals surface area contributed by atoms with E-state index in [1.165, 1.54) is 23.1 Å². The van der Waals surface area contributed by atoms with Crippen molar-refractivity contribution >= 4 is 50.9 Å². The Balaban J connectivity index is 1.61. The maximum atomic E-state index is 13.3. The highest BCUT2D eigenvalue weighted by atomic mass is 32.2. The molecule has 0 saturated heterocycles. The van der Waals surface area contributed by atoms with E-state index in [2.05, 4.69) is 31.1 Å². The van der Waals surface area contributed by atoms with Gasteiger partial charge in [-0.3, -0.25) is 14.2 Å². The molecule has 1 amide bonds. The Morgan fingerprint density at radius 1 is 1.27 bits per heavy atom. The number of rotatable bonds is 7.